The Kier molecular flexibility index (Phi) is 6.48. The van der Waals surface area contributed by atoms with E-state index in [2.05, 4.69) is 19.5 Å². The number of carbonyl (C=O) groups excluding carboxylic acids is 1. The van der Waals surface area contributed by atoms with Crippen LogP contribution in [0.4, 0.5) is 4.79 Å². The van der Waals surface area contributed by atoms with Gasteiger partial charge in [0.05, 0.1) is 13.2 Å². The zero-order valence-electron chi connectivity index (χ0n) is 7.84. The normalized spacial score (nSPS) is 14.7. The number of primary amides is 1. The summed E-state index contributed by atoms with van der Waals surface area (Å²) in [6, 6.07) is 0. The number of phosphoric ester groups is 1. The Morgan fingerprint density at radius 2 is 1.93 bits per heavy atom. The Balaban J connectivity index is 3.55. The van der Waals surface area contributed by atoms with Crippen LogP contribution < -0.4 is 5.73 Å². The lowest BCUT2D eigenvalue weighted by Crippen LogP contribution is -2.16. The monoisotopic (exact) mass is 227 g/mol. The first-order chi connectivity index (χ1) is 6.48. The quantitative estimate of drug-likeness (QED) is 0.487. The number of nitrogens with two attached hydrogens (primary N) is 1. The van der Waals surface area contributed by atoms with E-state index in [1.807, 2.05) is 0 Å². The summed E-state index contributed by atoms with van der Waals surface area (Å²) in [5, 5.41) is 0. The molecule has 0 rings (SSSR count). The molecule has 84 valence electrons. The SMILES string of the molecule is CCCOP(=O)(O)OCCOC(N)=O. The maximum Gasteiger partial charge on any atom is 0.472 e. The summed E-state index contributed by atoms with van der Waals surface area (Å²) in [6.07, 6.45) is -0.359. The first kappa shape index (κ1) is 13.4. The summed E-state index contributed by atoms with van der Waals surface area (Å²) in [4.78, 5) is 19.0. The maximum atomic E-state index is 11.0. The van der Waals surface area contributed by atoms with Gasteiger partial charge in [-0.25, -0.2) is 9.36 Å². The van der Waals surface area contributed by atoms with Gasteiger partial charge < -0.3 is 15.4 Å². The van der Waals surface area contributed by atoms with E-state index in [1.54, 1.807) is 6.92 Å². The zero-order valence-corrected chi connectivity index (χ0v) is 8.74. The highest BCUT2D eigenvalue weighted by Gasteiger charge is 2.19. The highest BCUT2D eigenvalue weighted by Crippen LogP contribution is 2.42. The lowest BCUT2D eigenvalue weighted by molar-refractivity contribution is 0.104. The van der Waals surface area contributed by atoms with Crippen LogP contribution in [0.2, 0.25) is 0 Å². The molecule has 0 saturated carbocycles. The van der Waals surface area contributed by atoms with Gasteiger partial charge in [-0.2, -0.15) is 0 Å². The Morgan fingerprint density at radius 3 is 2.43 bits per heavy atom. The van der Waals surface area contributed by atoms with Gasteiger partial charge >= 0.3 is 13.9 Å². The predicted molar refractivity (Wildman–Crippen MR) is 47.6 cm³/mol. The van der Waals surface area contributed by atoms with Crippen LogP contribution in [0.5, 0.6) is 0 Å². The van der Waals surface area contributed by atoms with E-state index in [0.717, 1.165) is 0 Å². The molecule has 0 aromatic carbocycles. The minimum Gasteiger partial charge on any atom is -0.447 e. The highest BCUT2D eigenvalue weighted by molar-refractivity contribution is 7.47. The van der Waals surface area contributed by atoms with Crippen LogP contribution in [0.3, 0.4) is 0 Å². The number of hydrogen-bond donors (Lipinski definition) is 2. The van der Waals surface area contributed by atoms with E-state index < -0.39 is 13.9 Å². The molecule has 0 spiro atoms. The maximum absolute atomic E-state index is 11.0. The Hall–Kier alpha value is -0.620. The molecule has 0 aliphatic heterocycles. The fourth-order valence-corrected chi connectivity index (χ4v) is 1.33. The van der Waals surface area contributed by atoms with Crippen molar-refractivity contribution >= 4 is 13.9 Å². The number of ether oxygens (including phenoxy) is 1. The number of carbonyl (C=O) groups is 1. The second-order valence-electron chi connectivity index (χ2n) is 2.30. The third kappa shape index (κ3) is 8.00. The number of amides is 1. The number of hydrogen-bond acceptors (Lipinski definition) is 5. The van der Waals surface area contributed by atoms with E-state index in [-0.39, 0.29) is 19.8 Å². The summed E-state index contributed by atoms with van der Waals surface area (Å²) in [5.41, 5.74) is 4.64. The molecule has 1 unspecified atom stereocenters. The van der Waals surface area contributed by atoms with Crippen LogP contribution in [-0.4, -0.2) is 30.8 Å². The molecule has 3 N–H and O–H groups in total. The fourth-order valence-electron chi connectivity index (χ4n) is 0.539. The number of phosphoric acid groups is 1. The second-order valence-corrected chi connectivity index (χ2v) is 3.76. The lowest BCUT2D eigenvalue weighted by atomic mass is 10.5. The van der Waals surface area contributed by atoms with Crippen molar-refractivity contribution in [2.75, 3.05) is 19.8 Å². The molecule has 0 radical (unpaired) electrons. The molecule has 0 bridgehead atoms. The molecular weight excluding hydrogens is 213 g/mol. The minimum atomic E-state index is -4.00. The first-order valence-corrected chi connectivity index (χ1v) is 5.51. The molecule has 8 heteroatoms. The smallest absolute Gasteiger partial charge is 0.447 e. The average Bonchev–Trinajstić information content (AvgIpc) is 2.09. The van der Waals surface area contributed by atoms with Crippen LogP contribution in [0.15, 0.2) is 0 Å². The van der Waals surface area contributed by atoms with E-state index in [1.165, 1.54) is 0 Å². The summed E-state index contributed by atoms with van der Waals surface area (Å²) in [5.74, 6) is 0. The molecular formula is C6H14NO6P. The standard InChI is InChI=1S/C6H14NO6P/c1-2-3-12-14(9,10)13-5-4-11-6(7)8/h2-5H2,1H3,(H2,7,8)(H,9,10). The Labute approximate surface area is 81.7 Å². The Bertz CT molecular complexity index is 220. The van der Waals surface area contributed by atoms with Crippen molar-refractivity contribution in [1.29, 1.82) is 0 Å². The van der Waals surface area contributed by atoms with Gasteiger partial charge in [-0.15, -0.1) is 0 Å². The van der Waals surface area contributed by atoms with Crippen molar-refractivity contribution in [3.8, 4) is 0 Å². The molecule has 0 aromatic heterocycles. The van der Waals surface area contributed by atoms with Crippen LogP contribution >= 0.6 is 7.82 Å². The zero-order chi connectivity index (χ0) is 11.0. The molecule has 1 atom stereocenters. The number of rotatable bonds is 7. The summed E-state index contributed by atoms with van der Waals surface area (Å²) in [6.45, 7) is 1.50. The van der Waals surface area contributed by atoms with Crippen molar-refractivity contribution in [2.45, 2.75) is 13.3 Å². The molecule has 0 saturated heterocycles. The molecule has 0 aliphatic carbocycles. The molecule has 0 fully saturated rings. The fraction of sp³-hybridized carbons (Fsp3) is 0.833. The molecule has 14 heavy (non-hydrogen) atoms. The third-order valence-corrected chi connectivity index (χ3v) is 2.06. The lowest BCUT2D eigenvalue weighted by Gasteiger charge is -2.10. The minimum absolute atomic E-state index is 0.129. The highest BCUT2D eigenvalue weighted by atomic mass is 31.2. The topological polar surface area (TPSA) is 108 Å². The van der Waals surface area contributed by atoms with E-state index in [0.29, 0.717) is 6.42 Å². The average molecular weight is 227 g/mol. The van der Waals surface area contributed by atoms with Gasteiger partial charge in [0.25, 0.3) is 0 Å². The summed E-state index contributed by atoms with van der Waals surface area (Å²) < 4.78 is 24.2. The van der Waals surface area contributed by atoms with Gasteiger partial charge in [0.2, 0.25) is 0 Å². The Morgan fingerprint density at radius 1 is 1.36 bits per heavy atom. The summed E-state index contributed by atoms with van der Waals surface area (Å²) in [7, 11) is -4.00. The molecule has 7 nitrogen and oxygen atoms in total. The largest absolute Gasteiger partial charge is 0.472 e. The molecule has 0 aliphatic rings. The predicted octanol–water partition coefficient (Wildman–Crippen LogP) is 0.625. The van der Waals surface area contributed by atoms with Crippen LogP contribution in [0, 0.1) is 0 Å². The van der Waals surface area contributed by atoms with Crippen LogP contribution in [0.25, 0.3) is 0 Å². The van der Waals surface area contributed by atoms with Crippen molar-refractivity contribution < 1.29 is 28.0 Å². The van der Waals surface area contributed by atoms with Crippen LogP contribution in [0.1, 0.15) is 13.3 Å². The molecule has 1 amide bonds. The van der Waals surface area contributed by atoms with Gasteiger partial charge in [-0.05, 0) is 6.42 Å². The van der Waals surface area contributed by atoms with E-state index in [9.17, 15) is 9.36 Å². The van der Waals surface area contributed by atoms with Crippen molar-refractivity contribution in [3.05, 3.63) is 0 Å². The van der Waals surface area contributed by atoms with Gasteiger partial charge in [0.15, 0.2) is 0 Å². The van der Waals surface area contributed by atoms with E-state index >= 15 is 0 Å². The first-order valence-electron chi connectivity index (χ1n) is 4.02. The van der Waals surface area contributed by atoms with Gasteiger partial charge in [-0.1, -0.05) is 6.92 Å². The van der Waals surface area contributed by atoms with E-state index in [4.69, 9.17) is 4.89 Å². The van der Waals surface area contributed by atoms with Crippen molar-refractivity contribution in [2.24, 2.45) is 5.73 Å². The molecule has 0 aromatic rings. The summed E-state index contributed by atoms with van der Waals surface area (Å²) >= 11 is 0. The van der Waals surface area contributed by atoms with Gasteiger partial charge in [-0.3, -0.25) is 9.05 Å². The van der Waals surface area contributed by atoms with Crippen molar-refractivity contribution in [1.82, 2.24) is 0 Å². The third-order valence-electron chi connectivity index (χ3n) is 1.04. The van der Waals surface area contributed by atoms with Crippen LogP contribution in [-0.2, 0) is 18.3 Å². The molecule has 0 heterocycles. The van der Waals surface area contributed by atoms with Crippen molar-refractivity contribution in [3.63, 3.8) is 0 Å². The van der Waals surface area contributed by atoms with Gasteiger partial charge in [0.1, 0.15) is 6.61 Å². The second kappa shape index (κ2) is 6.78. The van der Waals surface area contributed by atoms with Gasteiger partial charge in [0, 0.05) is 0 Å².